The Morgan fingerprint density at radius 3 is 2.50 bits per heavy atom. The molecule has 4 nitrogen and oxygen atoms in total. The summed E-state index contributed by atoms with van der Waals surface area (Å²) >= 11 is 0. The van der Waals surface area contributed by atoms with Crippen LogP contribution < -0.4 is 5.32 Å². The molecule has 0 aromatic heterocycles. The second-order valence-corrected chi connectivity index (χ2v) is 3.70. The Labute approximate surface area is 94.3 Å². The summed E-state index contributed by atoms with van der Waals surface area (Å²) < 4.78 is 0. The van der Waals surface area contributed by atoms with Crippen LogP contribution in [0.5, 0.6) is 0 Å². The Bertz CT molecular complexity index is 362. The van der Waals surface area contributed by atoms with Crippen molar-refractivity contribution in [2.45, 2.75) is 25.8 Å². The van der Waals surface area contributed by atoms with Gasteiger partial charge in [-0.3, -0.25) is 4.79 Å². The van der Waals surface area contributed by atoms with Gasteiger partial charge in [-0.2, -0.15) is 0 Å². The molecular formula is C12H15NO3. The zero-order valence-electron chi connectivity index (χ0n) is 9.14. The van der Waals surface area contributed by atoms with Crippen molar-refractivity contribution in [2.75, 3.05) is 0 Å². The minimum atomic E-state index is -1.44. The molecule has 0 aliphatic rings. The van der Waals surface area contributed by atoms with Gasteiger partial charge in [0, 0.05) is 6.04 Å². The van der Waals surface area contributed by atoms with Crippen molar-refractivity contribution >= 4 is 11.9 Å². The molecule has 4 heteroatoms. The molecule has 1 amide bonds. The van der Waals surface area contributed by atoms with E-state index in [0.29, 0.717) is 0 Å². The molecule has 0 heterocycles. The fourth-order valence-corrected chi connectivity index (χ4v) is 1.39. The molecule has 86 valence electrons. The molecule has 1 atom stereocenters. The van der Waals surface area contributed by atoms with Crippen LogP contribution in [0, 0.1) is 0 Å². The Kier molecular flexibility index (Phi) is 4.51. The smallest absolute Gasteiger partial charge is 0.394 e. The van der Waals surface area contributed by atoms with E-state index in [4.69, 9.17) is 5.11 Å². The fourth-order valence-electron chi connectivity index (χ4n) is 1.39. The first-order valence-electron chi connectivity index (χ1n) is 5.17. The van der Waals surface area contributed by atoms with E-state index in [-0.39, 0.29) is 6.04 Å². The summed E-state index contributed by atoms with van der Waals surface area (Å²) in [5, 5.41) is 10.8. The molecule has 0 saturated carbocycles. The van der Waals surface area contributed by atoms with E-state index >= 15 is 0 Å². The summed E-state index contributed by atoms with van der Waals surface area (Å²) in [6, 6.07) is 9.73. The SMILES string of the molecule is CC(CCc1ccccc1)NC(=O)C(=O)O. The van der Waals surface area contributed by atoms with Gasteiger partial charge in [0.15, 0.2) is 0 Å². The van der Waals surface area contributed by atoms with Crippen LogP contribution in [-0.2, 0) is 16.0 Å². The number of carbonyl (C=O) groups is 2. The van der Waals surface area contributed by atoms with Crippen molar-refractivity contribution < 1.29 is 14.7 Å². The van der Waals surface area contributed by atoms with Gasteiger partial charge in [-0.25, -0.2) is 4.79 Å². The van der Waals surface area contributed by atoms with Gasteiger partial charge in [0.05, 0.1) is 0 Å². The summed E-state index contributed by atoms with van der Waals surface area (Å²) in [5.41, 5.74) is 1.18. The first-order chi connectivity index (χ1) is 7.59. The van der Waals surface area contributed by atoms with Crippen LogP contribution in [0.2, 0.25) is 0 Å². The lowest BCUT2D eigenvalue weighted by molar-refractivity contribution is -0.150. The van der Waals surface area contributed by atoms with Gasteiger partial charge in [0.25, 0.3) is 0 Å². The monoisotopic (exact) mass is 221 g/mol. The molecule has 1 aromatic rings. The molecule has 0 fully saturated rings. The highest BCUT2D eigenvalue weighted by Gasteiger charge is 2.13. The van der Waals surface area contributed by atoms with Crippen molar-refractivity contribution in [3.8, 4) is 0 Å². The molecule has 1 unspecified atom stereocenters. The number of rotatable bonds is 4. The average molecular weight is 221 g/mol. The predicted molar refractivity (Wildman–Crippen MR) is 60.0 cm³/mol. The number of aryl methyl sites for hydroxylation is 1. The highest BCUT2D eigenvalue weighted by atomic mass is 16.4. The van der Waals surface area contributed by atoms with Crippen LogP contribution in [0.4, 0.5) is 0 Å². The Hall–Kier alpha value is -1.84. The van der Waals surface area contributed by atoms with E-state index < -0.39 is 11.9 Å². The number of nitrogens with one attached hydrogen (secondary N) is 1. The van der Waals surface area contributed by atoms with Crippen LogP contribution in [0.1, 0.15) is 18.9 Å². The largest absolute Gasteiger partial charge is 0.474 e. The van der Waals surface area contributed by atoms with Gasteiger partial charge in [-0.05, 0) is 25.3 Å². The summed E-state index contributed by atoms with van der Waals surface area (Å²) in [6.45, 7) is 1.80. The van der Waals surface area contributed by atoms with Gasteiger partial charge >= 0.3 is 11.9 Å². The van der Waals surface area contributed by atoms with Crippen LogP contribution in [0.25, 0.3) is 0 Å². The van der Waals surface area contributed by atoms with Crippen molar-refractivity contribution in [3.63, 3.8) is 0 Å². The minimum absolute atomic E-state index is 0.135. The maximum absolute atomic E-state index is 10.9. The van der Waals surface area contributed by atoms with Gasteiger partial charge in [0.2, 0.25) is 0 Å². The van der Waals surface area contributed by atoms with Gasteiger partial charge in [-0.1, -0.05) is 30.3 Å². The molecule has 0 bridgehead atoms. The molecule has 0 radical (unpaired) electrons. The van der Waals surface area contributed by atoms with E-state index in [2.05, 4.69) is 5.32 Å². The number of carboxylic acids is 1. The number of carboxylic acid groups (broad SMARTS) is 1. The standard InChI is InChI=1S/C12H15NO3/c1-9(13-11(14)12(15)16)7-8-10-5-3-2-4-6-10/h2-6,9H,7-8H2,1H3,(H,13,14)(H,15,16). The highest BCUT2D eigenvalue weighted by molar-refractivity contribution is 6.31. The molecule has 0 spiro atoms. The van der Waals surface area contributed by atoms with E-state index in [1.54, 1.807) is 6.92 Å². The summed E-state index contributed by atoms with van der Waals surface area (Å²) in [5.74, 6) is -2.38. The van der Waals surface area contributed by atoms with Crippen LogP contribution >= 0.6 is 0 Å². The van der Waals surface area contributed by atoms with E-state index in [0.717, 1.165) is 12.8 Å². The summed E-state index contributed by atoms with van der Waals surface area (Å²) in [6.07, 6.45) is 1.55. The Morgan fingerprint density at radius 2 is 1.94 bits per heavy atom. The van der Waals surface area contributed by atoms with Crippen molar-refractivity contribution in [3.05, 3.63) is 35.9 Å². The molecular weight excluding hydrogens is 206 g/mol. The molecule has 0 saturated heterocycles. The molecule has 16 heavy (non-hydrogen) atoms. The van der Waals surface area contributed by atoms with E-state index in [1.807, 2.05) is 30.3 Å². The number of hydrogen-bond acceptors (Lipinski definition) is 2. The summed E-state index contributed by atoms with van der Waals surface area (Å²) in [7, 11) is 0. The lowest BCUT2D eigenvalue weighted by atomic mass is 10.1. The maximum Gasteiger partial charge on any atom is 0.394 e. The van der Waals surface area contributed by atoms with Gasteiger partial charge < -0.3 is 10.4 Å². The van der Waals surface area contributed by atoms with E-state index in [9.17, 15) is 9.59 Å². The van der Waals surface area contributed by atoms with Crippen LogP contribution in [-0.4, -0.2) is 23.0 Å². The van der Waals surface area contributed by atoms with Crippen LogP contribution in [0.15, 0.2) is 30.3 Å². The average Bonchev–Trinajstić information content (AvgIpc) is 2.27. The molecule has 2 N–H and O–H groups in total. The topological polar surface area (TPSA) is 66.4 Å². The number of aliphatic carboxylic acids is 1. The number of hydrogen-bond donors (Lipinski definition) is 2. The van der Waals surface area contributed by atoms with Crippen LogP contribution in [0.3, 0.4) is 0 Å². The number of carbonyl (C=O) groups excluding carboxylic acids is 1. The quantitative estimate of drug-likeness (QED) is 0.751. The normalized spacial score (nSPS) is 11.8. The fraction of sp³-hybridized carbons (Fsp3) is 0.333. The van der Waals surface area contributed by atoms with Gasteiger partial charge in [-0.15, -0.1) is 0 Å². The summed E-state index contributed by atoms with van der Waals surface area (Å²) in [4.78, 5) is 21.2. The third kappa shape index (κ3) is 4.13. The Morgan fingerprint density at radius 1 is 1.31 bits per heavy atom. The molecule has 1 rings (SSSR count). The number of amides is 1. The molecule has 1 aromatic carbocycles. The Balaban J connectivity index is 2.33. The first kappa shape index (κ1) is 12.2. The zero-order valence-corrected chi connectivity index (χ0v) is 9.14. The predicted octanol–water partition coefficient (Wildman–Crippen LogP) is 1.21. The highest BCUT2D eigenvalue weighted by Crippen LogP contribution is 2.04. The second kappa shape index (κ2) is 5.90. The first-order valence-corrected chi connectivity index (χ1v) is 5.17. The zero-order chi connectivity index (χ0) is 12.0. The van der Waals surface area contributed by atoms with Gasteiger partial charge in [0.1, 0.15) is 0 Å². The molecule has 0 aliphatic heterocycles. The van der Waals surface area contributed by atoms with Crippen molar-refractivity contribution in [2.24, 2.45) is 0 Å². The third-order valence-electron chi connectivity index (χ3n) is 2.28. The van der Waals surface area contributed by atoms with Crippen molar-refractivity contribution in [1.82, 2.24) is 5.32 Å². The number of benzene rings is 1. The lowest BCUT2D eigenvalue weighted by Gasteiger charge is -2.11. The lowest BCUT2D eigenvalue weighted by Crippen LogP contribution is -2.37. The maximum atomic E-state index is 10.9. The molecule has 0 aliphatic carbocycles. The third-order valence-corrected chi connectivity index (χ3v) is 2.28. The second-order valence-electron chi connectivity index (χ2n) is 3.70. The van der Waals surface area contributed by atoms with Crippen molar-refractivity contribution in [1.29, 1.82) is 0 Å². The minimum Gasteiger partial charge on any atom is -0.474 e. The van der Waals surface area contributed by atoms with E-state index in [1.165, 1.54) is 5.56 Å².